The Balaban J connectivity index is 2.90. The van der Waals surface area contributed by atoms with E-state index >= 15 is 0 Å². The van der Waals surface area contributed by atoms with Crippen LogP contribution < -0.4 is 10.5 Å². The van der Waals surface area contributed by atoms with Gasteiger partial charge in [-0.05, 0) is 17.5 Å². The van der Waals surface area contributed by atoms with Gasteiger partial charge >= 0.3 is 0 Å². The van der Waals surface area contributed by atoms with E-state index < -0.39 is 15.0 Å². The minimum atomic E-state index is -4.39. The summed E-state index contributed by atoms with van der Waals surface area (Å²) in [6.07, 6.45) is 0. The van der Waals surface area contributed by atoms with Crippen LogP contribution in [0.15, 0.2) is 29.2 Å². The normalized spacial score (nSPS) is 11.7. The molecule has 0 unspecified atom stereocenters. The van der Waals surface area contributed by atoms with Gasteiger partial charge in [0.25, 0.3) is 10.1 Å². The van der Waals surface area contributed by atoms with E-state index in [0.29, 0.717) is 22.2 Å². The number of phenolic OH excluding ortho intramolecular Hbond substituents is 1. The van der Waals surface area contributed by atoms with Crippen LogP contribution in [0, 0.1) is 0 Å². The lowest BCUT2D eigenvalue weighted by atomic mass is 10.1. The molecule has 0 spiro atoms. The number of rotatable bonds is 2. The van der Waals surface area contributed by atoms with Gasteiger partial charge in [0.1, 0.15) is 11.5 Å². The van der Waals surface area contributed by atoms with Gasteiger partial charge in [0.05, 0.1) is 17.4 Å². The zero-order valence-electron chi connectivity index (χ0n) is 9.41. The first kappa shape index (κ1) is 12.5. The summed E-state index contributed by atoms with van der Waals surface area (Å²) in [6, 6.07) is 5.15. The highest BCUT2D eigenvalue weighted by molar-refractivity contribution is 7.85. The minimum absolute atomic E-state index is 0.308. The molecule has 2 rings (SSSR count). The maximum absolute atomic E-state index is 11.1. The van der Waals surface area contributed by atoms with E-state index in [1.54, 1.807) is 0 Å². The van der Waals surface area contributed by atoms with Crippen LogP contribution >= 0.6 is 0 Å². The number of fused-ring (bicyclic) bond motifs is 1. The highest BCUT2D eigenvalue weighted by atomic mass is 32.2. The lowest BCUT2D eigenvalue weighted by Gasteiger charge is -2.10. The standard InChI is InChI=1S/C11H11NO5S/c1-17-10-4-7(12)2-6-3-8(18(14,15)16)5-9(13)11(6)10/h2-5,13H,12H2,1H3,(H,14,15,16). The van der Waals surface area contributed by atoms with Crippen molar-refractivity contribution in [3.63, 3.8) is 0 Å². The summed E-state index contributed by atoms with van der Waals surface area (Å²) < 4.78 is 36.1. The Morgan fingerprint density at radius 1 is 1.22 bits per heavy atom. The van der Waals surface area contributed by atoms with Crippen LogP contribution in [-0.4, -0.2) is 25.2 Å². The fourth-order valence-corrected chi connectivity index (χ4v) is 2.30. The summed E-state index contributed by atoms with van der Waals surface area (Å²) >= 11 is 0. The minimum Gasteiger partial charge on any atom is -0.507 e. The lowest BCUT2D eigenvalue weighted by Crippen LogP contribution is -1.98. The zero-order chi connectivity index (χ0) is 13.5. The van der Waals surface area contributed by atoms with Crippen LogP contribution in [0.1, 0.15) is 0 Å². The summed E-state index contributed by atoms with van der Waals surface area (Å²) in [5, 5.41) is 10.5. The summed E-state index contributed by atoms with van der Waals surface area (Å²) in [5.41, 5.74) is 5.99. The van der Waals surface area contributed by atoms with Crippen molar-refractivity contribution in [2.45, 2.75) is 4.90 Å². The van der Waals surface area contributed by atoms with E-state index in [0.717, 1.165) is 6.07 Å². The van der Waals surface area contributed by atoms with Gasteiger partial charge in [-0.1, -0.05) is 0 Å². The molecule has 18 heavy (non-hydrogen) atoms. The molecule has 0 fully saturated rings. The van der Waals surface area contributed by atoms with Crippen molar-refractivity contribution in [2.75, 3.05) is 12.8 Å². The molecule has 0 bridgehead atoms. The van der Waals surface area contributed by atoms with E-state index in [1.807, 2.05) is 0 Å². The van der Waals surface area contributed by atoms with Crippen molar-refractivity contribution in [2.24, 2.45) is 0 Å². The largest absolute Gasteiger partial charge is 0.507 e. The van der Waals surface area contributed by atoms with Crippen molar-refractivity contribution < 1.29 is 22.8 Å². The monoisotopic (exact) mass is 269 g/mol. The SMILES string of the molecule is COc1cc(N)cc2cc(S(=O)(=O)O)cc(O)c12. The molecule has 0 saturated carbocycles. The Kier molecular flexibility index (Phi) is 2.80. The first-order valence-electron chi connectivity index (χ1n) is 4.90. The number of aromatic hydroxyl groups is 1. The molecule has 0 radical (unpaired) electrons. The van der Waals surface area contributed by atoms with Gasteiger partial charge in [-0.3, -0.25) is 4.55 Å². The highest BCUT2D eigenvalue weighted by Gasteiger charge is 2.16. The van der Waals surface area contributed by atoms with Crippen LogP contribution in [0.3, 0.4) is 0 Å². The molecule has 0 aliphatic carbocycles. The molecule has 4 N–H and O–H groups in total. The number of benzene rings is 2. The Morgan fingerprint density at radius 2 is 1.89 bits per heavy atom. The topological polar surface area (TPSA) is 110 Å². The van der Waals surface area contributed by atoms with Crippen molar-refractivity contribution in [3.05, 3.63) is 24.3 Å². The van der Waals surface area contributed by atoms with Crippen molar-refractivity contribution in [1.29, 1.82) is 0 Å². The van der Waals surface area contributed by atoms with E-state index in [2.05, 4.69) is 0 Å². The number of anilines is 1. The predicted octanol–water partition coefficient (Wildman–Crippen LogP) is 1.38. The highest BCUT2D eigenvalue weighted by Crippen LogP contribution is 2.37. The second-order valence-corrected chi connectivity index (χ2v) is 5.16. The molecule has 96 valence electrons. The maximum Gasteiger partial charge on any atom is 0.294 e. The first-order chi connectivity index (χ1) is 8.32. The van der Waals surface area contributed by atoms with Gasteiger partial charge in [0.2, 0.25) is 0 Å². The molecule has 7 heteroatoms. The average Bonchev–Trinajstić information content (AvgIpc) is 2.25. The van der Waals surface area contributed by atoms with Crippen LogP contribution in [0.25, 0.3) is 10.8 Å². The fraction of sp³-hybridized carbons (Fsp3) is 0.0909. The van der Waals surface area contributed by atoms with Crippen LogP contribution in [0.2, 0.25) is 0 Å². The fourth-order valence-electron chi connectivity index (χ4n) is 1.76. The number of phenols is 1. The molecule has 2 aromatic rings. The molecule has 0 aliphatic heterocycles. The van der Waals surface area contributed by atoms with Gasteiger partial charge in [0.15, 0.2) is 0 Å². The Morgan fingerprint density at radius 3 is 2.44 bits per heavy atom. The number of methoxy groups -OCH3 is 1. The molecule has 0 amide bonds. The molecule has 0 saturated heterocycles. The second-order valence-electron chi connectivity index (χ2n) is 3.74. The molecule has 6 nitrogen and oxygen atoms in total. The van der Waals surface area contributed by atoms with Gasteiger partial charge in [-0.25, -0.2) is 0 Å². The predicted molar refractivity (Wildman–Crippen MR) is 66.4 cm³/mol. The van der Waals surface area contributed by atoms with Crippen LogP contribution in [0.5, 0.6) is 11.5 Å². The number of hydrogen-bond donors (Lipinski definition) is 3. The summed E-state index contributed by atoms with van der Waals surface area (Å²) in [7, 11) is -2.98. The molecule has 0 aromatic heterocycles. The second kappa shape index (κ2) is 4.04. The van der Waals surface area contributed by atoms with Gasteiger partial charge in [-0.2, -0.15) is 8.42 Å². The Bertz CT molecular complexity index is 724. The molecular formula is C11H11NO5S. The summed E-state index contributed by atoms with van der Waals surface area (Å²) in [6.45, 7) is 0. The van der Waals surface area contributed by atoms with E-state index in [9.17, 15) is 13.5 Å². The first-order valence-corrected chi connectivity index (χ1v) is 6.34. The summed E-state index contributed by atoms with van der Waals surface area (Å²) in [5.74, 6) is 0.0152. The third-order valence-corrected chi connectivity index (χ3v) is 3.34. The Labute approximate surface area is 103 Å². The zero-order valence-corrected chi connectivity index (χ0v) is 10.2. The smallest absolute Gasteiger partial charge is 0.294 e. The molecule has 0 atom stereocenters. The summed E-state index contributed by atoms with van der Waals surface area (Å²) in [4.78, 5) is -0.403. The Hall–Kier alpha value is -1.99. The molecule has 0 aliphatic rings. The van der Waals surface area contributed by atoms with Crippen molar-refractivity contribution in [1.82, 2.24) is 0 Å². The van der Waals surface area contributed by atoms with Crippen LogP contribution in [0.4, 0.5) is 5.69 Å². The van der Waals surface area contributed by atoms with E-state index in [-0.39, 0.29) is 5.75 Å². The van der Waals surface area contributed by atoms with Gasteiger partial charge in [0, 0.05) is 17.8 Å². The molecule has 2 aromatic carbocycles. The molecular weight excluding hydrogens is 258 g/mol. The quantitative estimate of drug-likeness (QED) is 0.561. The van der Waals surface area contributed by atoms with E-state index in [4.69, 9.17) is 15.0 Å². The van der Waals surface area contributed by atoms with Crippen molar-refractivity contribution >= 4 is 26.6 Å². The number of nitrogen functional groups attached to an aromatic ring is 1. The van der Waals surface area contributed by atoms with Gasteiger partial charge < -0.3 is 15.6 Å². The third kappa shape index (κ3) is 2.05. The number of nitrogens with two attached hydrogens (primary N) is 1. The average molecular weight is 269 g/mol. The third-order valence-electron chi connectivity index (χ3n) is 2.51. The maximum atomic E-state index is 11.1. The molecule has 0 heterocycles. The van der Waals surface area contributed by atoms with Gasteiger partial charge in [-0.15, -0.1) is 0 Å². The van der Waals surface area contributed by atoms with Crippen LogP contribution in [-0.2, 0) is 10.1 Å². The lowest BCUT2D eigenvalue weighted by molar-refractivity contribution is 0.416. The van der Waals surface area contributed by atoms with Crippen molar-refractivity contribution in [3.8, 4) is 11.5 Å². The number of hydrogen-bond acceptors (Lipinski definition) is 5. The number of ether oxygens (including phenoxy) is 1. The van der Waals surface area contributed by atoms with E-state index in [1.165, 1.54) is 25.3 Å².